The molecule has 9 heteroatoms. The predicted molar refractivity (Wildman–Crippen MR) is 72.6 cm³/mol. The van der Waals surface area contributed by atoms with Crippen LogP contribution in [0.4, 0.5) is 4.79 Å². The molecule has 0 aromatic rings. The quantitative estimate of drug-likeness (QED) is 0.478. The summed E-state index contributed by atoms with van der Waals surface area (Å²) in [4.78, 5) is 17.1. The van der Waals surface area contributed by atoms with Gasteiger partial charge in [0.15, 0.2) is 0 Å². The highest BCUT2D eigenvalue weighted by atomic mass is 16.6. The normalized spacial score (nSPS) is 25.9. The van der Waals surface area contributed by atoms with Crippen LogP contribution in [0, 0.1) is 0 Å². The van der Waals surface area contributed by atoms with E-state index < -0.39 is 17.4 Å². The van der Waals surface area contributed by atoms with Crippen molar-refractivity contribution in [2.45, 2.75) is 63.8 Å². The molecule has 0 atom stereocenters. The first kappa shape index (κ1) is 15.9. The van der Waals surface area contributed by atoms with E-state index >= 15 is 0 Å². The Morgan fingerprint density at radius 3 is 2.15 bits per heavy atom. The van der Waals surface area contributed by atoms with Gasteiger partial charge in [-0.25, -0.2) is 4.79 Å². The van der Waals surface area contributed by atoms with E-state index in [1.165, 1.54) is 0 Å². The van der Waals surface area contributed by atoms with E-state index in [1.54, 1.807) is 20.8 Å². The minimum atomic E-state index is -1.05. The average molecular weight is 281 g/mol. The molecule has 1 rings (SSSR count). The number of amides is 1. The van der Waals surface area contributed by atoms with E-state index in [-0.39, 0.29) is 6.04 Å². The van der Waals surface area contributed by atoms with Crippen LogP contribution in [0.15, 0.2) is 10.2 Å². The fraction of sp³-hybridized carbons (Fsp3) is 0.909. The Bertz CT molecular complexity index is 430. The third kappa shape index (κ3) is 4.87. The maximum atomic E-state index is 11.6. The molecule has 0 heterocycles. The minimum absolute atomic E-state index is 0.0687. The second-order valence-corrected chi connectivity index (χ2v) is 5.78. The lowest BCUT2D eigenvalue weighted by atomic mass is 9.87. The van der Waals surface area contributed by atoms with Gasteiger partial charge in [-0.3, -0.25) is 0 Å². The van der Waals surface area contributed by atoms with Gasteiger partial charge in [0.05, 0.1) is 0 Å². The summed E-state index contributed by atoms with van der Waals surface area (Å²) in [6.45, 7) is 5.38. The third-order valence-electron chi connectivity index (χ3n) is 2.97. The Morgan fingerprint density at radius 2 is 1.75 bits per heavy atom. The molecule has 1 amide bonds. The van der Waals surface area contributed by atoms with Crippen LogP contribution in [0.3, 0.4) is 0 Å². The van der Waals surface area contributed by atoms with Crippen LogP contribution in [-0.2, 0) is 4.74 Å². The molecule has 0 aliphatic heterocycles. The molecule has 0 unspecified atom stereocenters. The van der Waals surface area contributed by atoms with Crippen LogP contribution < -0.4 is 5.32 Å². The van der Waals surface area contributed by atoms with Crippen LogP contribution in [-0.4, -0.2) is 23.4 Å². The Balaban J connectivity index is 2.55. The van der Waals surface area contributed by atoms with Gasteiger partial charge in [0.2, 0.25) is 0 Å². The smallest absolute Gasteiger partial charge is 0.407 e. The molecule has 0 saturated heterocycles. The molecule has 1 fully saturated rings. The lowest BCUT2D eigenvalue weighted by molar-refractivity contribution is 0.0484. The van der Waals surface area contributed by atoms with E-state index in [1.807, 2.05) is 0 Å². The lowest BCUT2D eigenvalue weighted by Gasteiger charge is -2.33. The van der Waals surface area contributed by atoms with Crippen LogP contribution in [0.1, 0.15) is 46.5 Å². The van der Waals surface area contributed by atoms with Crippen molar-refractivity contribution >= 4 is 6.09 Å². The van der Waals surface area contributed by atoms with Crippen LogP contribution in [0.5, 0.6) is 0 Å². The van der Waals surface area contributed by atoms with Crippen molar-refractivity contribution in [1.82, 2.24) is 5.32 Å². The number of carbonyl (C=O) groups is 1. The molecule has 1 aliphatic carbocycles. The van der Waals surface area contributed by atoms with Gasteiger partial charge < -0.3 is 10.1 Å². The molecule has 0 aromatic carbocycles. The second kappa shape index (κ2) is 6.36. The van der Waals surface area contributed by atoms with Crippen LogP contribution in [0.2, 0.25) is 0 Å². The van der Waals surface area contributed by atoms with E-state index in [9.17, 15) is 4.79 Å². The van der Waals surface area contributed by atoms with Crippen molar-refractivity contribution in [3.05, 3.63) is 20.9 Å². The summed E-state index contributed by atoms with van der Waals surface area (Å²) in [5, 5.41) is 9.95. The standard InChI is InChI=1S/C11H19N7O2/c1-10(2,3)20-9(19)14-8-4-6-11(7-5-8,15-17-12)16-18-13/h8H,4-7H2,1-3H3,(H,14,19). The van der Waals surface area contributed by atoms with Crippen molar-refractivity contribution in [3.8, 4) is 0 Å². The Morgan fingerprint density at radius 1 is 1.25 bits per heavy atom. The molecular formula is C11H19N7O2. The van der Waals surface area contributed by atoms with Gasteiger partial charge in [0.1, 0.15) is 11.3 Å². The molecule has 1 N–H and O–H groups in total. The molecule has 9 nitrogen and oxygen atoms in total. The van der Waals surface area contributed by atoms with Crippen molar-refractivity contribution < 1.29 is 9.53 Å². The van der Waals surface area contributed by atoms with Crippen molar-refractivity contribution in [2.24, 2.45) is 10.2 Å². The van der Waals surface area contributed by atoms with Gasteiger partial charge in [0.25, 0.3) is 0 Å². The number of nitrogens with zero attached hydrogens (tertiary/aromatic N) is 6. The SMILES string of the molecule is CC(C)(C)OC(=O)NC1CCC(N=[N+]=[N-])(N=[N+]=[N-])CC1. The first-order valence-electron chi connectivity index (χ1n) is 6.42. The topological polar surface area (TPSA) is 136 Å². The molecule has 0 bridgehead atoms. The summed E-state index contributed by atoms with van der Waals surface area (Å²) in [5.41, 5.74) is 15.5. The third-order valence-corrected chi connectivity index (χ3v) is 2.97. The molecule has 0 radical (unpaired) electrons. The number of carbonyl (C=O) groups excluding carboxylic acids is 1. The maximum Gasteiger partial charge on any atom is 0.407 e. The van der Waals surface area contributed by atoms with Gasteiger partial charge in [-0.2, -0.15) is 0 Å². The zero-order valence-electron chi connectivity index (χ0n) is 11.9. The van der Waals surface area contributed by atoms with Crippen molar-refractivity contribution in [1.29, 1.82) is 0 Å². The van der Waals surface area contributed by atoms with E-state index in [0.29, 0.717) is 25.7 Å². The highest BCUT2D eigenvalue weighted by molar-refractivity contribution is 5.68. The minimum Gasteiger partial charge on any atom is -0.444 e. The Labute approximate surface area is 116 Å². The summed E-state index contributed by atoms with van der Waals surface area (Å²) in [6.07, 6.45) is 1.47. The van der Waals surface area contributed by atoms with E-state index in [4.69, 9.17) is 15.8 Å². The predicted octanol–water partition coefficient (Wildman–Crippen LogP) is 3.77. The number of ether oxygens (including phenoxy) is 1. The molecule has 1 saturated carbocycles. The van der Waals surface area contributed by atoms with Crippen LogP contribution >= 0.6 is 0 Å². The zero-order valence-corrected chi connectivity index (χ0v) is 11.9. The van der Waals surface area contributed by atoms with Gasteiger partial charge >= 0.3 is 6.09 Å². The Kier molecular flexibility index (Phi) is 5.07. The first-order chi connectivity index (χ1) is 9.30. The molecule has 0 spiro atoms. The Hall–Kier alpha value is -2.11. The molecule has 0 aromatic heterocycles. The second-order valence-electron chi connectivity index (χ2n) is 5.78. The van der Waals surface area contributed by atoms with E-state index in [2.05, 4.69) is 25.4 Å². The van der Waals surface area contributed by atoms with Gasteiger partial charge in [-0.15, -0.1) is 0 Å². The number of hydrogen-bond acceptors (Lipinski definition) is 4. The number of hydrogen-bond donors (Lipinski definition) is 1. The molecule has 1 aliphatic rings. The van der Waals surface area contributed by atoms with Crippen LogP contribution in [0.25, 0.3) is 20.9 Å². The maximum absolute atomic E-state index is 11.6. The van der Waals surface area contributed by atoms with Gasteiger partial charge in [0, 0.05) is 15.9 Å². The number of nitrogens with one attached hydrogen (secondary N) is 1. The van der Waals surface area contributed by atoms with Crippen molar-refractivity contribution in [2.75, 3.05) is 0 Å². The summed E-state index contributed by atoms with van der Waals surface area (Å²) in [7, 11) is 0. The zero-order chi connectivity index (χ0) is 15.2. The summed E-state index contributed by atoms with van der Waals surface area (Å²) in [6, 6.07) is -0.0687. The fourth-order valence-corrected chi connectivity index (χ4v) is 2.09. The highest BCUT2D eigenvalue weighted by Gasteiger charge is 2.34. The fourth-order valence-electron chi connectivity index (χ4n) is 2.09. The summed E-state index contributed by atoms with van der Waals surface area (Å²) >= 11 is 0. The largest absolute Gasteiger partial charge is 0.444 e. The summed E-state index contributed by atoms with van der Waals surface area (Å²) in [5.74, 6) is 0. The van der Waals surface area contributed by atoms with E-state index in [0.717, 1.165) is 0 Å². The average Bonchev–Trinajstić information content (AvgIpc) is 2.30. The van der Waals surface area contributed by atoms with Gasteiger partial charge in [-0.05, 0) is 57.5 Å². The lowest BCUT2D eigenvalue weighted by Crippen LogP contribution is -2.43. The number of azide groups is 1. The first-order valence-corrected chi connectivity index (χ1v) is 6.42. The van der Waals surface area contributed by atoms with Crippen molar-refractivity contribution in [3.63, 3.8) is 0 Å². The molecule has 110 valence electrons. The highest BCUT2D eigenvalue weighted by Crippen LogP contribution is 2.33. The number of alkyl carbamates (subject to hydrolysis) is 1. The van der Waals surface area contributed by atoms with Gasteiger partial charge in [-0.1, -0.05) is 10.2 Å². The summed E-state index contributed by atoms with van der Waals surface area (Å²) < 4.78 is 5.17. The molecular weight excluding hydrogens is 262 g/mol. The number of rotatable bonds is 3. The monoisotopic (exact) mass is 281 g/mol. The molecule has 20 heavy (non-hydrogen) atoms.